The standard InChI is InChI=1S/C17H26ClN3O3S/c1-20(2)11-9-19-17(22)15-4-3-10-21(12-15)25(23,24)13-14-5-7-16(18)8-6-14/h5-8,15H,3-4,9-13H2,1-2H3,(H,19,22)/t15-/m1/s1. The van der Waals surface area contributed by atoms with Crippen LogP contribution in [-0.2, 0) is 20.6 Å². The van der Waals surface area contributed by atoms with Crippen molar-refractivity contribution in [3.05, 3.63) is 34.9 Å². The molecular weight excluding hydrogens is 362 g/mol. The second-order valence-corrected chi connectivity index (χ2v) is 9.08. The van der Waals surface area contributed by atoms with Crippen LogP contribution < -0.4 is 5.32 Å². The van der Waals surface area contributed by atoms with Crippen LogP contribution in [0.1, 0.15) is 18.4 Å². The highest BCUT2D eigenvalue weighted by Crippen LogP contribution is 2.22. The molecule has 1 aliphatic rings. The Hall–Kier alpha value is -1.15. The number of likely N-dealkylation sites (N-methyl/N-ethyl adjacent to an activating group) is 1. The topological polar surface area (TPSA) is 69.7 Å². The minimum atomic E-state index is -3.45. The van der Waals surface area contributed by atoms with E-state index in [1.807, 2.05) is 19.0 Å². The number of carbonyl (C=O) groups excluding carboxylic acids is 1. The predicted octanol–water partition coefficient (Wildman–Crippen LogP) is 1.56. The third-order valence-corrected chi connectivity index (χ3v) is 6.34. The lowest BCUT2D eigenvalue weighted by molar-refractivity contribution is -0.126. The van der Waals surface area contributed by atoms with Crippen molar-refractivity contribution >= 4 is 27.5 Å². The summed E-state index contributed by atoms with van der Waals surface area (Å²) in [4.78, 5) is 14.3. The van der Waals surface area contributed by atoms with Crippen LogP contribution in [-0.4, -0.2) is 63.8 Å². The van der Waals surface area contributed by atoms with E-state index in [2.05, 4.69) is 5.32 Å². The molecule has 1 amide bonds. The lowest BCUT2D eigenvalue weighted by atomic mass is 9.99. The molecule has 1 atom stereocenters. The molecule has 6 nitrogen and oxygen atoms in total. The number of rotatable bonds is 7. The molecule has 1 heterocycles. The molecule has 0 aliphatic carbocycles. The highest BCUT2D eigenvalue weighted by Gasteiger charge is 2.32. The Labute approximate surface area is 155 Å². The number of carbonyl (C=O) groups is 1. The first-order valence-corrected chi connectivity index (χ1v) is 10.4. The summed E-state index contributed by atoms with van der Waals surface area (Å²) in [5.74, 6) is -0.414. The average molecular weight is 388 g/mol. The molecule has 0 radical (unpaired) electrons. The molecule has 1 saturated heterocycles. The summed E-state index contributed by atoms with van der Waals surface area (Å²) in [6.07, 6.45) is 1.42. The van der Waals surface area contributed by atoms with Crippen molar-refractivity contribution in [1.29, 1.82) is 0 Å². The molecule has 25 heavy (non-hydrogen) atoms. The van der Waals surface area contributed by atoms with Crippen LogP contribution >= 0.6 is 11.6 Å². The second-order valence-electron chi connectivity index (χ2n) is 6.67. The van der Waals surface area contributed by atoms with Crippen molar-refractivity contribution in [2.45, 2.75) is 18.6 Å². The van der Waals surface area contributed by atoms with Gasteiger partial charge in [0, 0.05) is 31.2 Å². The van der Waals surface area contributed by atoms with Crippen molar-refractivity contribution < 1.29 is 13.2 Å². The van der Waals surface area contributed by atoms with Crippen molar-refractivity contribution in [2.24, 2.45) is 5.92 Å². The molecule has 2 rings (SSSR count). The summed E-state index contributed by atoms with van der Waals surface area (Å²) >= 11 is 5.84. The van der Waals surface area contributed by atoms with Crippen LogP contribution in [0.15, 0.2) is 24.3 Å². The summed E-state index contributed by atoms with van der Waals surface area (Å²) in [6, 6.07) is 6.80. The number of hydrogen-bond acceptors (Lipinski definition) is 4. The fraction of sp³-hybridized carbons (Fsp3) is 0.588. The molecule has 8 heteroatoms. The number of amides is 1. The van der Waals surface area contributed by atoms with Crippen molar-refractivity contribution in [3.63, 3.8) is 0 Å². The quantitative estimate of drug-likeness (QED) is 0.770. The van der Waals surface area contributed by atoms with Gasteiger partial charge in [-0.25, -0.2) is 12.7 Å². The van der Waals surface area contributed by atoms with E-state index >= 15 is 0 Å². The van der Waals surface area contributed by atoms with Gasteiger partial charge in [0.25, 0.3) is 0 Å². The Morgan fingerprint density at radius 1 is 1.32 bits per heavy atom. The van der Waals surface area contributed by atoms with Gasteiger partial charge in [-0.05, 0) is 44.6 Å². The molecule has 0 unspecified atom stereocenters. The van der Waals surface area contributed by atoms with Crippen molar-refractivity contribution in [2.75, 3.05) is 40.3 Å². The van der Waals surface area contributed by atoms with E-state index in [0.717, 1.165) is 13.0 Å². The van der Waals surface area contributed by atoms with Gasteiger partial charge in [0.1, 0.15) is 0 Å². The second kappa shape index (κ2) is 8.98. The van der Waals surface area contributed by atoms with E-state index in [1.54, 1.807) is 24.3 Å². The Kier molecular flexibility index (Phi) is 7.25. The minimum absolute atomic E-state index is 0.0618. The van der Waals surface area contributed by atoms with Gasteiger partial charge >= 0.3 is 0 Å². The Morgan fingerprint density at radius 2 is 2.00 bits per heavy atom. The van der Waals surface area contributed by atoms with Gasteiger partial charge < -0.3 is 10.2 Å². The molecule has 140 valence electrons. The maximum atomic E-state index is 12.7. The SMILES string of the molecule is CN(C)CCNC(=O)[C@@H]1CCCN(S(=O)(=O)Cc2ccc(Cl)cc2)C1. The predicted molar refractivity (Wildman–Crippen MR) is 99.9 cm³/mol. The number of sulfonamides is 1. The third kappa shape index (κ3) is 6.26. The van der Waals surface area contributed by atoms with Gasteiger partial charge in [-0.3, -0.25) is 4.79 Å². The first-order chi connectivity index (χ1) is 11.8. The maximum Gasteiger partial charge on any atom is 0.224 e. The largest absolute Gasteiger partial charge is 0.355 e. The molecule has 1 fully saturated rings. The lowest BCUT2D eigenvalue weighted by Gasteiger charge is -2.31. The Morgan fingerprint density at radius 3 is 2.64 bits per heavy atom. The van der Waals surface area contributed by atoms with E-state index in [0.29, 0.717) is 30.1 Å². The zero-order chi connectivity index (χ0) is 18.4. The molecule has 1 aromatic carbocycles. The van der Waals surface area contributed by atoms with Gasteiger partial charge in [0.05, 0.1) is 11.7 Å². The molecule has 0 aromatic heterocycles. The fourth-order valence-corrected chi connectivity index (χ4v) is 4.58. The number of hydrogen-bond donors (Lipinski definition) is 1. The third-order valence-electron chi connectivity index (χ3n) is 4.27. The maximum absolute atomic E-state index is 12.7. The van der Waals surface area contributed by atoms with Gasteiger partial charge in [0.15, 0.2) is 0 Å². The van der Waals surface area contributed by atoms with Gasteiger partial charge in [-0.15, -0.1) is 0 Å². The van der Waals surface area contributed by atoms with E-state index in [1.165, 1.54) is 4.31 Å². The smallest absolute Gasteiger partial charge is 0.224 e. The molecule has 0 saturated carbocycles. The van der Waals surface area contributed by atoms with Crippen LogP contribution in [0, 0.1) is 5.92 Å². The zero-order valence-electron chi connectivity index (χ0n) is 14.7. The van der Waals surface area contributed by atoms with Gasteiger partial charge in [0.2, 0.25) is 15.9 Å². The van der Waals surface area contributed by atoms with Gasteiger partial charge in [-0.1, -0.05) is 23.7 Å². The molecule has 1 aromatic rings. The zero-order valence-corrected chi connectivity index (χ0v) is 16.3. The molecular formula is C17H26ClN3O3S. The lowest BCUT2D eigenvalue weighted by Crippen LogP contribution is -2.46. The molecule has 1 N–H and O–H groups in total. The molecule has 0 spiro atoms. The Balaban J connectivity index is 1.94. The fourth-order valence-electron chi connectivity index (χ4n) is 2.84. The summed E-state index contributed by atoms with van der Waals surface area (Å²) < 4.78 is 26.8. The summed E-state index contributed by atoms with van der Waals surface area (Å²) in [6.45, 7) is 2.05. The normalized spacial score (nSPS) is 19.1. The summed E-state index contributed by atoms with van der Waals surface area (Å²) in [5, 5.41) is 3.47. The number of halogens is 1. The van der Waals surface area contributed by atoms with Crippen LogP contribution in [0.2, 0.25) is 5.02 Å². The summed E-state index contributed by atoms with van der Waals surface area (Å²) in [5.41, 5.74) is 0.696. The van der Waals surface area contributed by atoms with Crippen LogP contribution in [0.5, 0.6) is 0 Å². The number of benzene rings is 1. The molecule has 1 aliphatic heterocycles. The summed E-state index contributed by atoms with van der Waals surface area (Å²) in [7, 11) is 0.437. The van der Waals surface area contributed by atoms with Crippen molar-refractivity contribution in [1.82, 2.24) is 14.5 Å². The van der Waals surface area contributed by atoms with Crippen molar-refractivity contribution in [3.8, 4) is 0 Å². The highest BCUT2D eigenvalue weighted by molar-refractivity contribution is 7.88. The number of piperidine rings is 1. The highest BCUT2D eigenvalue weighted by atomic mass is 35.5. The van der Waals surface area contributed by atoms with Crippen LogP contribution in [0.25, 0.3) is 0 Å². The van der Waals surface area contributed by atoms with Crippen LogP contribution in [0.4, 0.5) is 0 Å². The average Bonchev–Trinajstić information content (AvgIpc) is 2.56. The monoisotopic (exact) mass is 387 g/mol. The van der Waals surface area contributed by atoms with E-state index in [-0.39, 0.29) is 24.1 Å². The first kappa shape index (κ1) is 20.2. The van der Waals surface area contributed by atoms with Gasteiger partial charge in [-0.2, -0.15) is 0 Å². The molecule has 0 bridgehead atoms. The number of nitrogens with zero attached hydrogens (tertiary/aromatic N) is 2. The van der Waals surface area contributed by atoms with E-state index in [9.17, 15) is 13.2 Å². The van der Waals surface area contributed by atoms with Crippen LogP contribution in [0.3, 0.4) is 0 Å². The Bertz CT molecular complexity index is 677. The number of nitrogens with one attached hydrogen (secondary N) is 1. The minimum Gasteiger partial charge on any atom is -0.355 e. The van der Waals surface area contributed by atoms with E-state index < -0.39 is 10.0 Å². The van der Waals surface area contributed by atoms with E-state index in [4.69, 9.17) is 11.6 Å². The first-order valence-electron chi connectivity index (χ1n) is 8.42.